The van der Waals surface area contributed by atoms with Gasteiger partial charge in [0.25, 0.3) is 11.8 Å². The number of rotatable bonds is 6. The summed E-state index contributed by atoms with van der Waals surface area (Å²) in [5.74, 6) is -1.29. The van der Waals surface area contributed by atoms with Gasteiger partial charge in [-0.25, -0.2) is 9.37 Å². The maximum atomic E-state index is 13.3. The van der Waals surface area contributed by atoms with Crippen molar-refractivity contribution in [3.63, 3.8) is 0 Å². The van der Waals surface area contributed by atoms with Gasteiger partial charge in [-0.1, -0.05) is 0 Å². The topological polar surface area (TPSA) is 125 Å². The molecule has 1 aliphatic heterocycles. The summed E-state index contributed by atoms with van der Waals surface area (Å²) in [6, 6.07) is 4.42. The van der Waals surface area contributed by atoms with Gasteiger partial charge in [0.05, 0.1) is 35.5 Å². The minimum absolute atomic E-state index is 0.0157. The van der Waals surface area contributed by atoms with E-state index in [4.69, 9.17) is 4.74 Å². The maximum absolute atomic E-state index is 13.3. The Labute approximate surface area is 183 Å². The van der Waals surface area contributed by atoms with Crippen LogP contribution in [0.5, 0.6) is 5.88 Å². The number of H-pyrrole nitrogens is 1. The third-order valence-electron chi connectivity index (χ3n) is 5.03. The molecular weight excluding hydrogens is 417 g/mol. The van der Waals surface area contributed by atoms with Gasteiger partial charge < -0.3 is 20.3 Å². The molecule has 0 bridgehead atoms. The summed E-state index contributed by atoms with van der Waals surface area (Å²) in [5, 5.41) is 11.6. The first-order valence-corrected chi connectivity index (χ1v) is 10.1. The van der Waals surface area contributed by atoms with E-state index in [2.05, 4.69) is 42.7 Å². The first-order valence-electron chi connectivity index (χ1n) is 10.1. The Kier molecular flexibility index (Phi) is 6.36. The molecule has 166 valence electrons. The fourth-order valence-corrected chi connectivity index (χ4v) is 3.28. The maximum Gasteiger partial charge on any atom is 0.275 e. The number of anilines is 2. The molecule has 1 fully saturated rings. The van der Waals surface area contributed by atoms with Crippen LogP contribution in [-0.2, 0) is 0 Å². The smallest absolute Gasteiger partial charge is 0.275 e. The summed E-state index contributed by atoms with van der Waals surface area (Å²) in [6.45, 7) is 1.97. The lowest BCUT2D eigenvalue weighted by Crippen LogP contribution is -2.35. The van der Waals surface area contributed by atoms with Gasteiger partial charge in [-0.3, -0.25) is 19.7 Å². The van der Waals surface area contributed by atoms with E-state index in [-0.39, 0.29) is 23.0 Å². The second kappa shape index (κ2) is 9.52. The molecule has 0 saturated carbocycles. The van der Waals surface area contributed by atoms with E-state index in [9.17, 15) is 14.0 Å². The van der Waals surface area contributed by atoms with Crippen LogP contribution >= 0.6 is 0 Å². The lowest BCUT2D eigenvalue weighted by Gasteiger charge is -2.28. The van der Waals surface area contributed by atoms with Crippen molar-refractivity contribution in [3.8, 4) is 5.88 Å². The average Bonchev–Trinajstić information content (AvgIpc) is 3.25. The Morgan fingerprint density at radius 1 is 1.12 bits per heavy atom. The number of amides is 2. The summed E-state index contributed by atoms with van der Waals surface area (Å²) in [6.07, 6.45) is 7.01. The SMILES string of the molecule is CN1CCC(Oc2ccc(NC(=O)c3[nH]ncc3NC(=O)c3cncc(F)c3)cn2)CC1. The van der Waals surface area contributed by atoms with Crippen molar-refractivity contribution in [2.75, 3.05) is 30.8 Å². The zero-order chi connectivity index (χ0) is 22.5. The number of nitrogens with one attached hydrogen (secondary N) is 3. The van der Waals surface area contributed by atoms with Crippen LogP contribution in [0.15, 0.2) is 43.0 Å². The Hall–Kier alpha value is -3.86. The highest BCUT2D eigenvalue weighted by atomic mass is 19.1. The van der Waals surface area contributed by atoms with Gasteiger partial charge in [-0.15, -0.1) is 0 Å². The molecule has 10 nitrogen and oxygen atoms in total. The first kappa shape index (κ1) is 21.4. The summed E-state index contributed by atoms with van der Waals surface area (Å²) >= 11 is 0. The molecule has 0 aliphatic carbocycles. The summed E-state index contributed by atoms with van der Waals surface area (Å²) < 4.78 is 19.2. The third-order valence-corrected chi connectivity index (χ3v) is 5.03. The van der Waals surface area contributed by atoms with E-state index in [0.717, 1.165) is 38.2 Å². The lowest BCUT2D eigenvalue weighted by atomic mass is 10.1. The predicted molar refractivity (Wildman–Crippen MR) is 114 cm³/mol. The molecule has 3 aromatic rings. The van der Waals surface area contributed by atoms with E-state index < -0.39 is 17.6 Å². The number of piperidine rings is 1. The number of aromatic nitrogens is 4. The van der Waals surface area contributed by atoms with E-state index in [1.54, 1.807) is 12.1 Å². The molecule has 0 unspecified atom stereocenters. The zero-order valence-electron chi connectivity index (χ0n) is 17.3. The number of carbonyl (C=O) groups excluding carboxylic acids is 2. The van der Waals surface area contributed by atoms with Crippen molar-refractivity contribution >= 4 is 23.2 Å². The molecule has 2 amide bonds. The monoisotopic (exact) mass is 439 g/mol. The molecule has 0 aromatic carbocycles. The van der Waals surface area contributed by atoms with Crippen LogP contribution in [0, 0.1) is 5.82 Å². The summed E-state index contributed by atoms with van der Waals surface area (Å²) in [7, 11) is 2.08. The van der Waals surface area contributed by atoms with Gasteiger partial charge in [-0.2, -0.15) is 5.10 Å². The number of likely N-dealkylation sites (tertiary alicyclic amines) is 1. The van der Waals surface area contributed by atoms with Crippen LogP contribution in [0.25, 0.3) is 0 Å². The number of ether oxygens (including phenoxy) is 1. The van der Waals surface area contributed by atoms with Crippen LogP contribution < -0.4 is 15.4 Å². The molecule has 1 aliphatic rings. The molecule has 4 heterocycles. The number of hydrogen-bond donors (Lipinski definition) is 3. The molecule has 0 radical (unpaired) electrons. The average molecular weight is 439 g/mol. The molecule has 0 atom stereocenters. The molecule has 32 heavy (non-hydrogen) atoms. The molecule has 0 spiro atoms. The molecule has 3 aromatic heterocycles. The van der Waals surface area contributed by atoms with Crippen molar-refractivity contribution in [1.29, 1.82) is 0 Å². The van der Waals surface area contributed by atoms with Crippen molar-refractivity contribution in [2.24, 2.45) is 0 Å². The van der Waals surface area contributed by atoms with Gasteiger partial charge in [0.15, 0.2) is 0 Å². The first-order chi connectivity index (χ1) is 15.5. The minimum atomic E-state index is -0.640. The second-order valence-electron chi connectivity index (χ2n) is 7.46. The Bertz CT molecular complexity index is 1090. The Morgan fingerprint density at radius 2 is 1.94 bits per heavy atom. The minimum Gasteiger partial charge on any atom is -0.474 e. The third kappa shape index (κ3) is 5.24. The molecular formula is C21H22FN7O3. The van der Waals surface area contributed by atoms with Crippen LogP contribution in [0.2, 0.25) is 0 Å². The number of pyridine rings is 2. The van der Waals surface area contributed by atoms with Gasteiger partial charge in [0.2, 0.25) is 5.88 Å². The number of nitrogens with zero attached hydrogens (tertiary/aromatic N) is 4. The highest BCUT2D eigenvalue weighted by Crippen LogP contribution is 2.20. The van der Waals surface area contributed by atoms with Crippen molar-refractivity contribution in [2.45, 2.75) is 18.9 Å². The number of halogens is 1. The van der Waals surface area contributed by atoms with E-state index >= 15 is 0 Å². The second-order valence-corrected chi connectivity index (χ2v) is 7.46. The van der Waals surface area contributed by atoms with Crippen molar-refractivity contribution in [1.82, 2.24) is 25.1 Å². The van der Waals surface area contributed by atoms with Crippen molar-refractivity contribution < 1.29 is 18.7 Å². The number of hydrogen-bond acceptors (Lipinski definition) is 7. The van der Waals surface area contributed by atoms with Gasteiger partial charge >= 0.3 is 0 Å². The lowest BCUT2D eigenvalue weighted by molar-refractivity contribution is 0.102. The van der Waals surface area contributed by atoms with E-state index in [0.29, 0.717) is 11.6 Å². The van der Waals surface area contributed by atoms with E-state index in [1.165, 1.54) is 18.6 Å². The zero-order valence-corrected chi connectivity index (χ0v) is 17.3. The Morgan fingerprint density at radius 3 is 2.66 bits per heavy atom. The van der Waals surface area contributed by atoms with Crippen LogP contribution in [0.3, 0.4) is 0 Å². The van der Waals surface area contributed by atoms with Gasteiger partial charge in [0.1, 0.15) is 17.6 Å². The fraction of sp³-hybridized carbons (Fsp3) is 0.286. The predicted octanol–water partition coefficient (Wildman–Crippen LogP) is 2.32. The van der Waals surface area contributed by atoms with Crippen molar-refractivity contribution in [3.05, 3.63) is 60.1 Å². The van der Waals surface area contributed by atoms with Crippen LogP contribution in [0.4, 0.5) is 15.8 Å². The van der Waals surface area contributed by atoms with Gasteiger partial charge in [-0.05, 0) is 32.0 Å². The summed E-state index contributed by atoms with van der Waals surface area (Å²) in [4.78, 5) is 35.1. The molecule has 3 N–H and O–H groups in total. The van der Waals surface area contributed by atoms with E-state index in [1.807, 2.05) is 0 Å². The largest absolute Gasteiger partial charge is 0.474 e. The highest BCUT2D eigenvalue weighted by Gasteiger charge is 2.19. The van der Waals surface area contributed by atoms with Crippen LogP contribution in [-0.4, -0.2) is 63.1 Å². The number of aromatic amines is 1. The van der Waals surface area contributed by atoms with Crippen LogP contribution in [0.1, 0.15) is 33.7 Å². The normalized spacial score (nSPS) is 14.7. The highest BCUT2D eigenvalue weighted by molar-refractivity contribution is 6.11. The molecule has 11 heteroatoms. The molecule has 1 saturated heterocycles. The molecule has 4 rings (SSSR count). The van der Waals surface area contributed by atoms with Gasteiger partial charge in [0, 0.05) is 25.4 Å². The standard InChI is InChI=1S/C21H22FN7O3/c1-29-6-4-16(5-7-29)32-18-3-2-15(11-24-18)26-21(31)19-17(12-25-28-19)27-20(30)13-8-14(22)10-23-9-13/h2-3,8-12,16H,4-7H2,1H3,(H,25,28)(H,26,31)(H,27,30). The fourth-order valence-electron chi connectivity index (χ4n) is 3.28. The number of carbonyl (C=O) groups is 2. The Balaban J connectivity index is 1.36. The summed E-state index contributed by atoms with van der Waals surface area (Å²) in [5.41, 5.74) is 0.648. The quantitative estimate of drug-likeness (QED) is 0.538.